The van der Waals surface area contributed by atoms with Crippen molar-refractivity contribution in [2.24, 2.45) is 5.73 Å². The minimum atomic E-state index is 0.364. The first-order valence-electron chi connectivity index (χ1n) is 5.52. The Labute approximate surface area is 131 Å². The van der Waals surface area contributed by atoms with E-state index >= 15 is 0 Å². The Bertz CT molecular complexity index is 610. The number of halogens is 2. The van der Waals surface area contributed by atoms with Gasteiger partial charge in [0, 0.05) is 28.2 Å². The molecule has 0 unspecified atom stereocenters. The Morgan fingerprint density at radius 1 is 1.32 bits per heavy atom. The molecule has 0 aliphatic carbocycles. The Hall–Kier alpha value is -0.810. The van der Waals surface area contributed by atoms with Gasteiger partial charge < -0.3 is 10.6 Å². The molecule has 0 amide bonds. The lowest BCUT2D eigenvalue weighted by atomic mass is 10.1. The van der Waals surface area contributed by atoms with E-state index in [1.807, 2.05) is 31.3 Å². The molecule has 6 heteroatoms. The smallest absolute Gasteiger partial charge is 0.106 e. The van der Waals surface area contributed by atoms with E-state index < -0.39 is 0 Å². The number of benzene rings is 1. The van der Waals surface area contributed by atoms with Gasteiger partial charge in [0.15, 0.2) is 0 Å². The number of nitrogens with zero attached hydrogens (tertiary/aromatic N) is 1. The fourth-order valence-corrected chi connectivity index (χ4v) is 3.26. The van der Waals surface area contributed by atoms with E-state index in [2.05, 4.69) is 4.90 Å². The minimum absolute atomic E-state index is 0.364. The van der Waals surface area contributed by atoms with Crippen molar-refractivity contribution in [3.05, 3.63) is 50.1 Å². The molecule has 0 atom stereocenters. The summed E-state index contributed by atoms with van der Waals surface area (Å²) in [5.74, 6) is 0. The van der Waals surface area contributed by atoms with Crippen molar-refractivity contribution in [3.63, 3.8) is 0 Å². The summed E-state index contributed by atoms with van der Waals surface area (Å²) in [6.07, 6.45) is 0. The third-order valence-electron chi connectivity index (χ3n) is 2.66. The van der Waals surface area contributed by atoms with E-state index in [1.165, 1.54) is 4.88 Å². The first-order chi connectivity index (χ1) is 8.97. The Kier molecular flexibility index (Phi) is 4.68. The van der Waals surface area contributed by atoms with Crippen LogP contribution in [-0.2, 0) is 6.54 Å². The molecule has 0 spiro atoms. The van der Waals surface area contributed by atoms with Crippen LogP contribution in [0, 0.1) is 0 Å². The number of nitrogens with two attached hydrogens (primary N) is 1. The number of thiophene rings is 1. The Morgan fingerprint density at radius 3 is 2.63 bits per heavy atom. The van der Waals surface area contributed by atoms with Gasteiger partial charge in [-0.05, 0) is 30.3 Å². The van der Waals surface area contributed by atoms with E-state index in [1.54, 1.807) is 17.4 Å². The van der Waals surface area contributed by atoms with Crippen LogP contribution in [0.15, 0.2) is 30.3 Å². The molecular weight excluding hydrogens is 319 g/mol. The predicted molar refractivity (Wildman–Crippen MR) is 88.8 cm³/mol. The molecule has 1 aromatic heterocycles. The summed E-state index contributed by atoms with van der Waals surface area (Å²) < 4.78 is 0.782. The second kappa shape index (κ2) is 6.09. The largest absolute Gasteiger partial charge is 0.389 e. The molecule has 0 saturated carbocycles. The van der Waals surface area contributed by atoms with Gasteiger partial charge in [-0.25, -0.2) is 0 Å². The van der Waals surface area contributed by atoms with E-state index in [0.717, 1.165) is 22.1 Å². The number of hydrogen-bond donors (Lipinski definition) is 1. The summed E-state index contributed by atoms with van der Waals surface area (Å²) in [7, 11) is 1.97. The van der Waals surface area contributed by atoms with Crippen molar-refractivity contribution in [2.45, 2.75) is 6.54 Å². The first kappa shape index (κ1) is 14.6. The van der Waals surface area contributed by atoms with Gasteiger partial charge in [-0.2, -0.15) is 0 Å². The lowest BCUT2D eigenvalue weighted by molar-refractivity contribution is 0.939. The third kappa shape index (κ3) is 3.60. The molecule has 19 heavy (non-hydrogen) atoms. The molecule has 1 heterocycles. The molecule has 1 aromatic carbocycles. The summed E-state index contributed by atoms with van der Waals surface area (Å²) in [5, 5.41) is 0.658. The molecule has 2 rings (SSSR count). The zero-order chi connectivity index (χ0) is 14.0. The monoisotopic (exact) mass is 330 g/mol. The summed E-state index contributed by atoms with van der Waals surface area (Å²) in [6, 6.07) is 9.40. The highest BCUT2D eigenvalue weighted by atomic mass is 35.5. The topological polar surface area (TPSA) is 29.3 Å². The van der Waals surface area contributed by atoms with Crippen LogP contribution in [0.5, 0.6) is 0 Å². The van der Waals surface area contributed by atoms with Crippen molar-refractivity contribution in [2.75, 3.05) is 11.9 Å². The molecule has 2 N–H and O–H groups in total. The molecule has 0 aliphatic heterocycles. The summed E-state index contributed by atoms with van der Waals surface area (Å²) >= 11 is 18.6. The maximum Gasteiger partial charge on any atom is 0.106 e. The van der Waals surface area contributed by atoms with Crippen molar-refractivity contribution < 1.29 is 0 Å². The average molecular weight is 331 g/mol. The third-order valence-corrected chi connectivity index (χ3v) is 4.33. The van der Waals surface area contributed by atoms with Crippen LogP contribution in [0.4, 0.5) is 5.69 Å². The lowest BCUT2D eigenvalue weighted by Crippen LogP contribution is -2.21. The van der Waals surface area contributed by atoms with Crippen molar-refractivity contribution in [1.29, 1.82) is 0 Å². The normalized spacial score (nSPS) is 10.5. The molecule has 0 fully saturated rings. The molecule has 0 bridgehead atoms. The molecular formula is C13H12Cl2N2S2. The van der Waals surface area contributed by atoms with Gasteiger partial charge in [-0.15, -0.1) is 11.3 Å². The second-order valence-corrected chi connectivity index (χ2v) is 6.76. The first-order valence-corrected chi connectivity index (χ1v) is 7.50. The Morgan fingerprint density at radius 2 is 2.05 bits per heavy atom. The van der Waals surface area contributed by atoms with Gasteiger partial charge in [-0.1, -0.05) is 35.4 Å². The standard InChI is InChI=1S/C13H12Cl2N2S2/c1-17(7-9-3-5-12(15)19-9)11-6-8(14)2-4-10(11)13(16)18/h2-6H,7H2,1H3,(H2,16,18). The summed E-state index contributed by atoms with van der Waals surface area (Å²) in [6.45, 7) is 0.730. The fourth-order valence-electron chi connectivity index (χ4n) is 1.78. The SMILES string of the molecule is CN(Cc1ccc(Cl)s1)c1cc(Cl)ccc1C(N)=S. The quantitative estimate of drug-likeness (QED) is 0.846. The van der Waals surface area contributed by atoms with E-state index in [4.69, 9.17) is 41.2 Å². The van der Waals surface area contributed by atoms with Crippen LogP contribution < -0.4 is 10.6 Å². The lowest BCUT2D eigenvalue weighted by Gasteiger charge is -2.21. The van der Waals surface area contributed by atoms with Crippen LogP contribution >= 0.6 is 46.8 Å². The van der Waals surface area contributed by atoms with E-state index in [0.29, 0.717) is 10.0 Å². The highest BCUT2D eigenvalue weighted by molar-refractivity contribution is 7.80. The van der Waals surface area contributed by atoms with Gasteiger partial charge >= 0.3 is 0 Å². The van der Waals surface area contributed by atoms with E-state index in [-0.39, 0.29) is 0 Å². The van der Waals surface area contributed by atoms with Gasteiger partial charge in [0.05, 0.1) is 10.9 Å². The number of thiocarbonyl (C=S) groups is 1. The van der Waals surface area contributed by atoms with E-state index in [9.17, 15) is 0 Å². The molecule has 2 nitrogen and oxygen atoms in total. The zero-order valence-corrected chi connectivity index (χ0v) is 13.3. The van der Waals surface area contributed by atoms with Gasteiger partial charge in [0.25, 0.3) is 0 Å². The number of hydrogen-bond acceptors (Lipinski definition) is 3. The second-order valence-electron chi connectivity index (χ2n) is 4.09. The fraction of sp³-hybridized carbons (Fsp3) is 0.154. The zero-order valence-electron chi connectivity index (χ0n) is 10.2. The maximum absolute atomic E-state index is 6.04. The van der Waals surface area contributed by atoms with Crippen LogP contribution in [0.1, 0.15) is 10.4 Å². The van der Waals surface area contributed by atoms with Crippen LogP contribution in [0.3, 0.4) is 0 Å². The summed E-state index contributed by atoms with van der Waals surface area (Å²) in [5.41, 5.74) is 7.49. The molecule has 0 aliphatic rings. The van der Waals surface area contributed by atoms with Crippen molar-refractivity contribution >= 4 is 57.4 Å². The number of rotatable bonds is 4. The van der Waals surface area contributed by atoms with Crippen LogP contribution in [0.2, 0.25) is 9.36 Å². The Balaban J connectivity index is 2.29. The number of anilines is 1. The van der Waals surface area contributed by atoms with Crippen LogP contribution in [0.25, 0.3) is 0 Å². The predicted octanol–water partition coefficient (Wildman–Crippen LogP) is 4.33. The average Bonchev–Trinajstić information content (AvgIpc) is 2.74. The highest BCUT2D eigenvalue weighted by Gasteiger charge is 2.11. The molecule has 0 saturated heterocycles. The molecule has 100 valence electrons. The van der Waals surface area contributed by atoms with Crippen molar-refractivity contribution in [3.8, 4) is 0 Å². The van der Waals surface area contributed by atoms with Gasteiger partial charge in [0.1, 0.15) is 4.99 Å². The van der Waals surface area contributed by atoms with Crippen molar-refractivity contribution in [1.82, 2.24) is 0 Å². The van der Waals surface area contributed by atoms with Crippen LogP contribution in [-0.4, -0.2) is 12.0 Å². The van der Waals surface area contributed by atoms with Gasteiger partial charge in [0.2, 0.25) is 0 Å². The van der Waals surface area contributed by atoms with Gasteiger partial charge in [-0.3, -0.25) is 0 Å². The highest BCUT2D eigenvalue weighted by Crippen LogP contribution is 2.28. The molecule has 0 radical (unpaired) electrons. The summed E-state index contributed by atoms with van der Waals surface area (Å²) in [4.78, 5) is 3.59. The maximum atomic E-state index is 6.04. The molecule has 2 aromatic rings. The minimum Gasteiger partial charge on any atom is -0.389 e.